The van der Waals surface area contributed by atoms with Gasteiger partial charge in [0.1, 0.15) is 11.8 Å². The SMILES string of the molecule is Cc1cc(C#N)nc(N2CCCC3(CCCNC3)C2)n1. The Balaban J connectivity index is 1.83. The Morgan fingerprint density at radius 2 is 2.20 bits per heavy atom. The molecule has 106 valence electrons. The smallest absolute Gasteiger partial charge is 0.226 e. The molecule has 5 heteroatoms. The Bertz CT molecular complexity index is 522. The van der Waals surface area contributed by atoms with E-state index < -0.39 is 0 Å². The van der Waals surface area contributed by atoms with Gasteiger partial charge >= 0.3 is 0 Å². The largest absolute Gasteiger partial charge is 0.340 e. The van der Waals surface area contributed by atoms with Gasteiger partial charge in [-0.1, -0.05) is 0 Å². The van der Waals surface area contributed by atoms with Crippen molar-refractivity contribution in [1.29, 1.82) is 5.26 Å². The van der Waals surface area contributed by atoms with Crippen LogP contribution in [0.25, 0.3) is 0 Å². The maximum atomic E-state index is 9.06. The van der Waals surface area contributed by atoms with Crippen LogP contribution in [0.5, 0.6) is 0 Å². The fourth-order valence-electron chi connectivity index (χ4n) is 3.51. The fraction of sp³-hybridized carbons (Fsp3) is 0.667. The number of piperidine rings is 2. The molecular formula is C15H21N5. The van der Waals surface area contributed by atoms with Crippen LogP contribution in [0.3, 0.4) is 0 Å². The summed E-state index contributed by atoms with van der Waals surface area (Å²) in [7, 11) is 0. The molecular weight excluding hydrogens is 250 g/mol. The van der Waals surface area contributed by atoms with Crippen molar-refractivity contribution >= 4 is 5.95 Å². The van der Waals surface area contributed by atoms with Crippen LogP contribution in [-0.2, 0) is 0 Å². The Kier molecular flexibility index (Phi) is 3.58. The standard InChI is InChI=1S/C15H21N5/c1-12-8-13(9-16)19-14(18-12)20-7-3-5-15(11-20)4-2-6-17-10-15/h8,17H,2-7,10-11H2,1H3. The molecule has 0 bridgehead atoms. The second-order valence-electron chi connectivity index (χ2n) is 6.11. The predicted molar refractivity (Wildman–Crippen MR) is 77.5 cm³/mol. The number of nitriles is 1. The predicted octanol–water partition coefficient (Wildman–Crippen LogP) is 1.63. The molecule has 5 nitrogen and oxygen atoms in total. The molecule has 3 heterocycles. The van der Waals surface area contributed by atoms with E-state index in [1.165, 1.54) is 25.7 Å². The van der Waals surface area contributed by atoms with Crippen LogP contribution in [0.1, 0.15) is 37.1 Å². The average Bonchev–Trinajstić information content (AvgIpc) is 2.47. The van der Waals surface area contributed by atoms with Gasteiger partial charge in [-0.15, -0.1) is 0 Å². The summed E-state index contributed by atoms with van der Waals surface area (Å²) < 4.78 is 0. The van der Waals surface area contributed by atoms with Crippen LogP contribution in [-0.4, -0.2) is 36.1 Å². The monoisotopic (exact) mass is 271 g/mol. The lowest BCUT2D eigenvalue weighted by Crippen LogP contribution is -2.51. The van der Waals surface area contributed by atoms with E-state index in [1.54, 1.807) is 6.07 Å². The topological polar surface area (TPSA) is 64.8 Å². The van der Waals surface area contributed by atoms with E-state index in [2.05, 4.69) is 26.3 Å². The Hall–Kier alpha value is -1.67. The number of rotatable bonds is 1. The van der Waals surface area contributed by atoms with Crippen molar-refractivity contribution < 1.29 is 0 Å². The molecule has 2 saturated heterocycles. The third kappa shape index (κ3) is 2.61. The van der Waals surface area contributed by atoms with Crippen molar-refractivity contribution in [3.8, 4) is 6.07 Å². The first-order valence-electron chi connectivity index (χ1n) is 7.42. The van der Waals surface area contributed by atoms with Gasteiger partial charge in [-0.2, -0.15) is 5.26 Å². The summed E-state index contributed by atoms with van der Waals surface area (Å²) in [5, 5.41) is 12.6. The second kappa shape index (κ2) is 5.37. The van der Waals surface area contributed by atoms with E-state index >= 15 is 0 Å². The number of aryl methyl sites for hydroxylation is 1. The molecule has 0 amide bonds. The molecule has 1 spiro atoms. The highest BCUT2D eigenvalue weighted by atomic mass is 15.3. The molecule has 1 N–H and O–H groups in total. The average molecular weight is 271 g/mol. The molecule has 1 atom stereocenters. The highest BCUT2D eigenvalue weighted by Crippen LogP contribution is 2.36. The van der Waals surface area contributed by atoms with Crippen LogP contribution in [0.4, 0.5) is 5.95 Å². The Morgan fingerprint density at radius 1 is 1.35 bits per heavy atom. The van der Waals surface area contributed by atoms with Crippen LogP contribution < -0.4 is 10.2 Å². The molecule has 20 heavy (non-hydrogen) atoms. The van der Waals surface area contributed by atoms with E-state index in [9.17, 15) is 0 Å². The number of hydrogen-bond acceptors (Lipinski definition) is 5. The zero-order chi connectivity index (χ0) is 14.0. The number of anilines is 1. The van der Waals surface area contributed by atoms with Crippen LogP contribution in [0.2, 0.25) is 0 Å². The molecule has 0 aromatic carbocycles. The lowest BCUT2D eigenvalue weighted by molar-refractivity contribution is 0.172. The number of hydrogen-bond donors (Lipinski definition) is 1. The van der Waals surface area contributed by atoms with Crippen LogP contribution in [0.15, 0.2) is 6.07 Å². The van der Waals surface area contributed by atoms with Gasteiger partial charge in [-0.05, 0) is 45.2 Å². The van der Waals surface area contributed by atoms with Gasteiger partial charge in [0.05, 0.1) is 0 Å². The molecule has 0 radical (unpaired) electrons. The molecule has 2 aliphatic heterocycles. The quantitative estimate of drug-likeness (QED) is 0.841. The number of nitrogens with zero attached hydrogens (tertiary/aromatic N) is 4. The summed E-state index contributed by atoms with van der Waals surface area (Å²) in [4.78, 5) is 11.2. The third-order valence-electron chi connectivity index (χ3n) is 4.46. The highest BCUT2D eigenvalue weighted by molar-refractivity contribution is 5.37. The molecule has 1 aromatic rings. The third-order valence-corrected chi connectivity index (χ3v) is 4.46. The van der Waals surface area contributed by atoms with Crippen LogP contribution >= 0.6 is 0 Å². The molecule has 2 aliphatic rings. The molecule has 2 fully saturated rings. The van der Waals surface area contributed by atoms with Crippen molar-refractivity contribution in [1.82, 2.24) is 15.3 Å². The fourth-order valence-corrected chi connectivity index (χ4v) is 3.51. The summed E-state index contributed by atoms with van der Waals surface area (Å²) in [5.74, 6) is 0.728. The van der Waals surface area contributed by atoms with E-state index in [-0.39, 0.29) is 0 Å². The maximum Gasteiger partial charge on any atom is 0.226 e. The van der Waals surface area contributed by atoms with Gasteiger partial charge in [0, 0.05) is 30.7 Å². The minimum absolute atomic E-state index is 0.371. The lowest BCUT2D eigenvalue weighted by atomic mass is 9.74. The van der Waals surface area contributed by atoms with Gasteiger partial charge in [-0.3, -0.25) is 0 Å². The van der Waals surface area contributed by atoms with E-state index in [4.69, 9.17) is 5.26 Å². The summed E-state index contributed by atoms with van der Waals surface area (Å²) in [5.41, 5.74) is 1.71. The van der Waals surface area contributed by atoms with Crippen molar-refractivity contribution in [2.75, 3.05) is 31.1 Å². The summed E-state index contributed by atoms with van der Waals surface area (Å²) in [6.07, 6.45) is 5.01. The molecule has 1 unspecified atom stereocenters. The first-order valence-corrected chi connectivity index (χ1v) is 7.42. The van der Waals surface area contributed by atoms with Gasteiger partial charge in [0.2, 0.25) is 5.95 Å². The van der Waals surface area contributed by atoms with Gasteiger partial charge in [0.15, 0.2) is 0 Å². The lowest BCUT2D eigenvalue weighted by Gasteiger charge is -2.45. The highest BCUT2D eigenvalue weighted by Gasteiger charge is 2.37. The molecule has 0 saturated carbocycles. The van der Waals surface area contributed by atoms with E-state index in [1.807, 2.05) is 6.92 Å². The number of nitrogens with one attached hydrogen (secondary N) is 1. The normalized spacial score (nSPS) is 26.5. The van der Waals surface area contributed by atoms with Crippen LogP contribution in [0, 0.1) is 23.7 Å². The minimum Gasteiger partial charge on any atom is -0.340 e. The first kappa shape index (κ1) is 13.3. The van der Waals surface area contributed by atoms with Crippen molar-refractivity contribution in [2.24, 2.45) is 5.41 Å². The summed E-state index contributed by atoms with van der Waals surface area (Å²) in [6, 6.07) is 3.87. The summed E-state index contributed by atoms with van der Waals surface area (Å²) in [6.45, 7) is 6.17. The Labute approximate surface area is 120 Å². The van der Waals surface area contributed by atoms with Crippen molar-refractivity contribution in [2.45, 2.75) is 32.6 Å². The molecule has 1 aromatic heterocycles. The van der Waals surface area contributed by atoms with Gasteiger partial charge in [0.25, 0.3) is 0 Å². The first-order chi connectivity index (χ1) is 9.71. The van der Waals surface area contributed by atoms with E-state index in [0.717, 1.165) is 37.8 Å². The number of aromatic nitrogens is 2. The summed E-state index contributed by atoms with van der Waals surface area (Å²) >= 11 is 0. The molecule has 0 aliphatic carbocycles. The van der Waals surface area contributed by atoms with Gasteiger partial charge in [-0.25, -0.2) is 9.97 Å². The Morgan fingerprint density at radius 3 is 2.95 bits per heavy atom. The maximum absolute atomic E-state index is 9.06. The van der Waals surface area contributed by atoms with Crippen molar-refractivity contribution in [3.63, 3.8) is 0 Å². The zero-order valence-electron chi connectivity index (χ0n) is 12.0. The van der Waals surface area contributed by atoms with Gasteiger partial charge < -0.3 is 10.2 Å². The van der Waals surface area contributed by atoms with E-state index in [0.29, 0.717) is 11.1 Å². The molecule has 3 rings (SSSR count). The second-order valence-corrected chi connectivity index (χ2v) is 6.11. The zero-order valence-corrected chi connectivity index (χ0v) is 12.0. The van der Waals surface area contributed by atoms with Crippen molar-refractivity contribution in [3.05, 3.63) is 17.5 Å². The minimum atomic E-state index is 0.371.